The van der Waals surface area contributed by atoms with E-state index in [1.54, 1.807) is 32.4 Å². The second kappa shape index (κ2) is 6.60. The van der Waals surface area contributed by atoms with E-state index in [-0.39, 0.29) is 5.69 Å². The van der Waals surface area contributed by atoms with Gasteiger partial charge in [0.15, 0.2) is 5.65 Å². The van der Waals surface area contributed by atoms with Crippen molar-refractivity contribution in [3.63, 3.8) is 0 Å². The molecule has 0 atom stereocenters. The summed E-state index contributed by atoms with van der Waals surface area (Å²) in [6, 6.07) is 13.1. The number of fused-ring (bicyclic) bond motifs is 1. The molecule has 0 spiro atoms. The van der Waals surface area contributed by atoms with Crippen molar-refractivity contribution in [3.05, 3.63) is 64.8 Å². The molecule has 0 amide bonds. The molecular weight excluding hydrogens is 344 g/mol. The normalized spacial score (nSPS) is 10.9. The highest BCUT2D eigenvalue weighted by Gasteiger charge is 2.18. The molecule has 0 saturated carbocycles. The molecule has 0 saturated heterocycles. The Bertz CT molecular complexity index is 1190. The zero-order valence-corrected chi connectivity index (χ0v) is 15.2. The van der Waals surface area contributed by atoms with Crippen LogP contribution < -0.4 is 15.2 Å². The zero-order valence-electron chi connectivity index (χ0n) is 15.2. The number of ether oxygens (including phenoxy) is 2. The van der Waals surface area contributed by atoms with E-state index in [9.17, 15) is 4.79 Å². The topological polar surface area (TPSA) is 82.0 Å². The third-order valence-electron chi connectivity index (χ3n) is 4.50. The van der Waals surface area contributed by atoms with Crippen LogP contribution in [0.2, 0.25) is 0 Å². The van der Waals surface area contributed by atoms with Crippen LogP contribution in [0.25, 0.3) is 28.1 Å². The van der Waals surface area contributed by atoms with Crippen LogP contribution in [-0.2, 0) is 0 Å². The van der Waals surface area contributed by atoms with Crippen LogP contribution in [0.1, 0.15) is 5.56 Å². The maximum Gasteiger partial charge on any atom is 0.332 e. The average Bonchev–Trinajstić information content (AvgIpc) is 3.03. The summed E-state index contributed by atoms with van der Waals surface area (Å²) in [5, 5.41) is 0. The summed E-state index contributed by atoms with van der Waals surface area (Å²) in [5.74, 6) is 1.15. The molecular formula is C20H18N4O3. The second-order valence-corrected chi connectivity index (χ2v) is 6.04. The molecule has 27 heavy (non-hydrogen) atoms. The minimum absolute atomic E-state index is 0.316. The molecule has 0 aliphatic rings. The van der Waals surface area contributed by atoms with E-state index in [1.807, 2.05) is 31.2 Å². The predicted octanol–water partition coefficient (Wildman–Crippen LogP) is 3.10. The van der Waals surface area contributed by atoms with Gasteiger partial charge in [-0.15, -0.1) is 0 Å². The lowest BCUT2D eigenvalue weighted by atomic mass is 10.1. The highest BCUT2D eigenvalue weighted by molar-refractivity contribution is 5.89. The standard InChI is InChI=1S/C20H18N4O3/c1-12-6-4-5-7-14(12)17-18-19(22-11-21-17)24(20(25)23-18)15-9-8-13(26-2)10-16(15)27-3/h4-11H,1-3H3,(H,23,25). The fraction of sp³-hybridized carbons (Fsp3) is 0.150. The molecule has 0 fully saturated rings. The molecule has 4 rings (SSSR count). The summed E-state index contributed by atoms with van der Waals surface area (Å²) >= 11 is 0. The van der Waals surface area contributed by atoms with Crippen LogP contribution in [-0.4, -0.2) is 33.7 Å². The molecule has 1 N–H and O–H groups in total. The Morgan fingerprint density at radius 3 is 2.59 bits per heavy atom. The molecule has 0 aliphatic carbocycles. The minimum Gasteiger partial charge on any atom is -0.497 e. The van der Waals surface area contributed by atoms with E-state index in [0.29, 0.717) is 34.0 Å². The van der Waals surface area contributed by atoms with Crippen LogP contribution in [0.15, 0.2) is 53.6 Å². The lowest BCUT2D eigenvalue weighted by Crippen LogP contribution is -2.15. The van der Waals surface area contributed by atoms with Crippen LogP contribution in [0.4, 0.5) is 0 Å². The van der Waals surface area contributed by atoms with Gasteiger partial charge in [-0.25, -0.2) is 19.3 Å². The number of hydrogen-bond acceptors (Lipinski definition) is 5. The van der Waals surface area contributed by atoms with Gasteiger partial charge >= 0.3 is 5.69 Å². The third-order valence-corrected chi connectivity index (χ3v) is 4.50. The Labute approximate surface area is 155 Å². The van der Waals surface area contributed by atoms with Crippen LogP contribution in [0, 0.1) is 6.92 Å². The summed E-state index contributed by atoms with van der Waals surface area (Å²) in [5.41, 5.74) is 4.01. The van der Waals surface area contributed by atoms with Gasteiger partial charge < -0.3 is 14.5 Å². The van der Waals surface area contributed by atoms with Crippen molar-refractivity contribution in [3.8, 4) is 28.4 Å². The molecule has 4 aromatic rings. The van der Waals surface area contributed by atoms with E-state index >= 15 is 0 Å². The molecule has 2 heterocycles. The first-order chi connectivity index (χ1) is 13.1. The van der Waals surface area contributed by atoms with Crippen molar-refractivity contribution in [1.29, 1.82) is 0 Å². The molecule has 0 unspecified atom stereocenters. The number of aromatic amines is 1. The van der Waals surface area contributed by atoms with E-state index in [0.717, 1.165) is 11.1 Å². The van der Waals surface area contributed by atoms with Crippen LogP contribution in [0.3, 0.4) is 0 Å². The van der Waals surface area contributed by atoms with Crippen LogP contribution in [0.5, 0.6) is 11.5 Å². The summed E-state index contributed by atoms with van der Waals surface area (Å²) in [6.07, 6.45) is 1.46. The molecule has 136 valence electrons. The molecule has 7 heteroatoms. The number of nitrogens with zero attached hydrogens (tertiary/aromatic N) is 3. The number of methoxy groups -OCH3 is 2. The minimum atomic E-state index is -0.316. The Morgan fingerprint density at radius 2 is 1.85 bits per heavy atom. The summed E-state index contributed by atoms with van der Waals surface area (Å²) in [6.45, 7) is 2.00. The van der Waals surface area contributed by atoms with Crippen molar-refractivity contribution >= 4 is 11.2 Å². The number of imidazole rings is 1. The third kappa shape index (κ3) is 2.73. The predicted molar refractivity (Wildman–Crippen MR) is 103 cm³/mol. The highest BCUT2D eigenvalue weighted by Crippen LogP contribution is 2.31. The van der Waals surface area contributed by atoms with E-state index in [1.165, 1.54) is 10.9 Å². The fourth-order valence-corrected chi connectivity index (χ4v) is 3.16. The number of rotatable bonds is 4. The quantitative estimate of drug-likeness (QED) is 0.603. The van der Waals surface area contributed by atoms with Crippen molar-refractivity contribution in [2.75, 3.05) is 14.2 Å². The van der Waals surface area contributed by atoms with Gasteiger partial charge in [0.2, 0.25) is 0 Å². The molecule has 7 nitrogen and oxygen atoms in total. The lowest BCUT2D eigenvalue weighted by Gasteiger charge is -2.11. The van der Waals surface area contributed by atoms with Gasteiger partial charge in [-0.3, -0.25) is 0 Å². The van der Waals surface area contributed by atoms with Gasteiger partial charge in [0.25, 0.3) is 0 Å². The van der Waals surface area contributed by atoms with E-state index < -0.39 is 0 Å². The zero-order chi connectivity index (χ0) is 19.0. The van der Waals surface area contributed by atoms with Crippen molar-refractivity contribution < 1.29 is 9.47 Å². The summed E-state index contributed by atoms with van der Waals surface area (Å²) in [4.78, 5) is 24.4. The monoisotopic (exact) mass is 362 g/mol. The Hall–Kier alpha value is -3.61. The van der Waals surface area contributed by atoms with Gasteiger partial charge in [-0.2, -0.15) is 0 Å². The lowest BCUT2D eigenvalue weighted by molar-refractivity contribution is 0.393. The van der Waals surface area contributed by atoms with E-state index in [2.05, 4.69) is 15.0 Å². The summed E-state index contributed by atoms with van der Waals surface area (Å²) < 4.78 is 12.2. The number of H-pyrrole nitrogens is 1. The van der Waals surface area contributed by atoms with E-state index in [4.69, 9.17) is 9.47 Å². The smallest absolute Gasteiger partial charge is 0.332 e. The van der Waals surface area contributed by atoms with Gasteiger partial charge in [0, 0.05) is 11.6 Å². The Balaban J connectivity index is 2.00. The Kier molecular flexibility index (Phi) is 4.12. The number of benzene rings is 2. The van der Waals surface area contributed by atoms with Gasteiger partial charge in [0.1, 0.15) is 23.3 Å². The number of hydrogen-bond donors (Lipinski definition) is 1. The maximum atomic E-state index is 12.8. The SMILES string of the molecule is COc1ccc(-n2c(=O)[nH]c3c(-c4ccccc4C)ncnc32)c(OC)c1. The molecule has 0 bridgehead atoms. The molecule has 0 radical (unpaired) electrons. The Morgan fingerprint density at radius 1 is 1.04 bits per heavy atom. The van der Waals surface area contributed by atoms with Crippen molar-refractivity contribution in [1.82, 2.24) is 19.5 Å². The van der Waals surface area contributed by atoms with Crippen molar-refractivity contribution in [2.24, 2.45) is 0 Å². The largest absolute Gasteiger partial charge is 0.497 e. The first kappa shape index (κ1) is 16.8. The number of aryl methyl sites for hydroxylation is 1. The first-order valence-electron chi connectivity index (χ1n) is 8.38. The van der Waals surface area contributed by atoms with Crippen molar-refractivity contribution in [2.45, 2.75) is 6.92 Å². The summed E-state index contributed by atoms with van der Waals surface area (Å²) in [7, 11) is 3.12. The van der Waals surface area contributed by atoms with Gasteiger partial charge in [-0.05, 0) is 24.6 Å². The van der Waals surface area contributed by atoms with Gasteiger partial charge in [0.05, 0.1) is 25.6 Å². The highest BCUT2D eigenvalue weighted by atomic mass is 16.5. The average molecular weight is 362 g/mol. The fourth-order valence-electron chi connectivity index (χ4n) is 3.16. The number of aromatic nitrogens is 4. The van der Waals surface area contributed by atoms with Gasteiger partial charge in [-0.1, -0.05) is 24.3 Å². The maximum absolute atomic E-state index is 12.8. The van der Waals surface area contributed by atoms with Crippen LogP contribution >= 0.6 is 0 Å². The second-order valence-electron chi connectivity index (χ2n) is 6.04. The molecule has 2 aromatic carbocycles. The first-order valence-corrected chi connectivity index (χ1v) is 8.38. The molecule has 0 aliphatic heterocycles. The number of nitrogens with one attached hydrogen (secondary N) is 1. The molecule has 2 aromatic heterocycles.